The molecule has 2 rings (SSSR count). The second-order valence-electron chi connectivity index (χ2n) is 3.97. The molecule has 2 aromatic heterocycles. The maximum absolute atomic E-state index is 8.90. The molecule has 0 amide bonds. The van der Waals surface area contributed by atoms with E-state index in [0.29, 0.717) is 5.69 Å². The van der Waals surface area contributed by atoms with E-state index >= 15 is 0 Å². The normalized spacial score (nSPS) is 10.0. The van der Waals surface area contributed by atoms with E-state index in [-0.39, 0.29) is 5.69 Å². The fourth-order valence-electron chi connectivity index (χ4n) is 1.61. The number of rotatable bonds is 4. The highest BCUT2D eigenvalue weighted by molar-refractivity contribution is 7.09. The van der Waals surface area contributed by atoms with Gasteiger partial charge in [-0.25, -0.2) is 4.98 Å². The van der Waals surface area contributed by atoms with Crippen LogP contribution in [0.2, 0.25) is 0 Å². The number of nitrogen functional groups attached to an aromatic ring is 1. The maximum atomic E-state index is 8.90. The van der Waals surface area contributed by atoms with Crippen LogP contribution < -0.4 is 10.6 Å². The molecular formula is C13H14N4S. The summed E-state index contributed by atoms with van der Waals surface area (Å²) in [6.45, 7) is 0.863. The Labute approximate surface area is 110 Å². The molecule has 92 valence electrons. The van der Waals surface area contributed by atoms with Gasteiger partial charge < -0.3 is 10.6 Å². The molecule has 0 aromatic carbocycles. The molecule has 2 heterocycles. The van der Waals surface area contributed by atoms with Crippen molar-refractivity contribution in [3.05, 3.63) is 40.2 Å². The Balaban J connectivity index is 2.05. The Morgan fingerprint density at radius 3 is 2.94 bits per heavy atom. The van der Waals surface area contributed by atoms with Crippen molar-refractivity contribution in [2.24, 2.45) is 0 Å². The molecule has 2 aromatic rings. The summed E-state index contributed by atoms with van der Waals surface area (Å²) in [6.07, 6.45) is 0.974. The van der Waals surface area contributed by atoms with Crippen molar-refractivity contribution in [1.29, 1.82) is 5.26 Å². The number of pyridine rings is 1. The van der Waals surface area contributed by atoms with Gasteiger partial charge in [0.1, 0.15) is 11.9 Å². The van der Waals surface area contributed by atoms with Crippen LogP contribution in [0.4, 0.5) is 11.5 Å². The van der Waals surface area contributed by atoms with Gasteiger partial charge in [-0.3, -0.25) is 0 Å². The molecule has 0 saturated heterocycles. The third-order valence-corrected chi connectivity index (χ3v) is 3.62. The van der Waals surface area contributed by atoms with Gasteiger partial charge in [0.25, 0.3) is 0 Å². The number of likely N-dealkylation sites (N-methyl/N-ethyl adjacent to an activating group) is 1. The smallest absolute Gasteiger partial charge is 0.165 e. The van der Waals surface area contributed by atoms with E-state index in [0.717, 1.165) is 18.8 Å². The first-order valence-corrected chi connectivity index (χ1v) is 6.49. The van der Waals surface area contributed by atoms with Crippen LogP contribution in [0, 0.1) is 11.3 Å². The van der Waals surface area contributed by atoms with Crippen LogP contribution in [0.1, 0.15) is 10.6 Å². The number of aromatic nitrogens is 1. The molecule has 0 saturated carbocycles. The van der Waals surface area contributed by atoms with Crippen molar-refractivity contribution < 1.29 is 0 Å². The second kappa shape index (κ2) is 5.52. The van der Waals surface area contributed by atoms with E-state index in [1.807, 2.05) is 24.1 Å². The molecule has 0 aliphatic carbocycles. The minimum absolute atomic E-state index is 0.287. The number of hydrogen-bond donors (Lipinski definition) is 1. The average molecular weight is 258 g/mol. The van der Waals surface area contributed by atoms with E-state index in [9.17, 15) is 0 Å². The van der Waals surface area contributed by atoms with Gasteiger partial charge in [-0.05, 0) is 30.0 Å². The third kappa shape index (κ3) is 2.79. The lowest BCUT2D eigenvalue weighted by Crippen LogP contribution is -2.21. The van der Waals surface area contributed by atoms with Gasteiger partial charge in [0.15, 0.2) is 5.69 Å². The minimum Gasteiger partial charge on any atom is -0.396 e. The first-order chi connectivity index (χ1) is 8.70. The lowest BCUT2D eigenvalue weighted by Gasteiger charge is -2.18. The van der Waals surface area contributed by atoms with Crippen molar-refractivity contribution in [1.82, 2.24) is 4.98 Å². The maximum Gasteiger partial charge on any atom is 0.165 e. The lowest BCUT2D eigenvalue weighted by molar-refractivity contribution is 0.868. The summed E-state index contributed by atoms with van der Waals surface area (Å²) in [5, 5.41) is 11.0. The minimum atomic E-state index is 0.287. The zero-order valence-corrected chi connectivity index (χ0v) is 10.9. The molecule has 18 heavy (non-hydrogen) atoms. The van der Waals surface area contributed by atoms with Gasteiger partial charge in [0.05, 0.1) is 5.69 Å². The highest BCUT2D eigenvalue weighted by Crippen LogP contribution is 2.16. The number of nitriles is 1. The van der Waals surface area contributed by atoms with E-state index in [1.54, 1.807) is 17.4 Å². The van der Waals surface area contributed by atoms with E-state index in [4.69, 9.17) is 11.0 Å². The Morgan fingerprint density at radius 2 is 2.28 bits per heavy atom. The number of hydrogen-bond acceptors (Lipinski definition) is 5. The monoisotopic (exact) mass is 258 g/mol. The first kappa shape index (κ1) is 12.4. The standard InChI is InChI=1S/C13H14N4S/c1-17(7-6-10-3-2-8-18-10)13-5-4-11(15)12(9-14)16-13/h2-5,8H,6-7,15H2,1H3. The van der Waals surface area contributed by atoms with Crippen molar-refractivity contribution >= 4 is 22.8 Å². The first-order valence-electron chi connectivity index (χ1n) is 5.61. The highest BCUT2D eigenvalue weighted by Gasteiger charge is 2.06. The Kier molecular flexibility index (Phi) is 3.80. The van der Waals surface area contributed by atoms with Crippen LogP contribution >= 0.6 is 11.3 Å². The number of nitrogens with zero attached hydrogens (tertiary/aromatic N) is 3. The van der Waals surface area contributed by atoms with Gasteiger partial charge >= 0.3 is 0 Å². The predicted octanol–water partition coefficient (Wildman–Crippen LogP) is 2.28. The fraction of sp³-hybridized carbons (Fsp3) is 0.231. The molecular weight excluding hydrogens is 244 g/mol. The summed E-state index contributed by atoms with van der Waals surface area (Å²) in [5.41, 5.74) is 6.36. The van der Waals surface area contributed by atoms with Crippen molar-refractivity contribution in [2.75, 3.05) is 24.2 Å². The summed E-state index contributed by atoms with van der Waals surface area (Å²) in [5.74, 6) is 0.775. The van der Waals surface area contributed by atoms with Crippen LogP contribution in [0.25, 0.3) is 0 Å². The molecule has 2 N–H and O–H groups in total. The average Bonchev–Trinajstić information content (AvgIpc) is 2.89. The van der Waals surface area contributed by atoms with E-state index < -0.39 is 0 Å². The Morgan fingerprint density at radius 1 is 1.44 bits per heavy atom. The Bertz CT molecular complexity index is 557. The number of thiophene rings is 1. The lowest BCUT2D eigenvalue weighted by atomic mass is 10.3. The molecule has 0 radical (unpaired) electrons. The van der Waals surface area contributed by atoms with Crippen LogP contribution in [-0.2, 0) is 6.42 Å². The highest BCUT2D eigenvalue weighted by atomic mass is 32.1. The zero-order valence-electron chi connectivity index (χ0n) is 10.1. The van der Waals surface area contributed by atoms with Crippen molar-refractivity contribution in [3.8, 4) is 6.07 Å². The van der Waals surface area contributed by atoms with Gasteiger partial charge in [-0.1, -0.05) is 6.07 Å². The summed E-state index contributed by atoms with van der Waals surface area (Å²) in [4.78, 5) is 7.61. The third-order valence-electron chi connectivity index (χ3n) is 2.68. The summed E-state index contributed by atoms with van der Waals surface area (Å²) >= 11 is 1.75. The molecule has 5 heteroatoms. The molecule has 0 unspecified atom stereocenters. The molecule has 0 aliphatic heterocycles. The van der Waals surface area contributed by atoms with Crippen LogP contribution in [0.3, 0.4) is 0 Å². The van der Waals surface area contributed by atoms with Crippen LogP contribution in [0.15, 0.2) is 29.6 Å². The molecule has 0 bridgehead atoms. The van der Waals surface area contributed by atoms with Crippen molar-refractivity contribution in [3.63, 3.8) is 0 Å². The zero-order chi connectivity index (χ0) is 13.0. The largest absolute Gasteiger partial charge is 0.396 e. The van der Waals surface area contributed by atoms with Crippen LogP contribution in [0.5, 0.6) is 0 Å². The molecule has 0 spiro atoms. The van der Waals surface area contributed by atoms with Gasteiger partial charge in [0, 0.05) is 18.5 Å². The fourth-order valence-corrected chi connectivity index (χ4v) is 2.31. The molecule has 0 atom stereocenters. The quantitative estimate of drug-likeness (QED) is 0.913. The van der Waals surface area contributed by atoms with Crippen molar-refractivity contribution in [2.45, 2.75) is 6.42 Å². The predicted molar refractivity (Wildman–Crippen MR) is 74.7 cm³/mol. The SMILES string of the molecule is CN(CCc1cccs1)c1ccc(N)c(C#N)n1. The topological polar surface area (TPSA) is 65.9 Å². The van der Waals surface area contributed by atoms with E-state index in [1.165, 1.54) is 4.88 Å². The van der Waals surface area contributed by atoms with Gasteiger partial charge in [-0.15, -0.1) is 11.3 Å². The van der Waals surface area contributed by atoms with Crippen LogP contribution in [-0.4, -0.2) is 18.6 Å². The second-order valence-corrected chi connectivity index (χ2v) is 5.00. The molecule has 0 aliphatic rings. The molecule has 0 fully saturated rings. The number of anilines is 2. The number of nitrogens with two attached hydrogens (primary N) is 1. The Hall–Kier alpha value is -2.06. The van der Waals surface area contributed by atoms with Gasteiger partial charge in [-0.2, -0.15) is 5.26 Å². The summed E-state index contributed by atoms with van der Waals surface area (Å²) in [7, 11) is 1.97. The summed E-state index contributed by atoms with van der Waals surface area (Å²) < 4.78 is 0. The van der Waals surface area contributed by atoms with Gasteiger partial charge in [0.2, 0.25) is 0 Å². The van der Waals surface area contributed by atoms with E-state index in [2.05, 4.69) is 22.5 Å². The molecule has 4 nitrogen and oxygen atoms in total. The summed E-state index contributed by atoms with van der Waals surface area (Å²) in [6, 6.07) is 9.73.